The smallest absolute Gasteiger partial charge is 0.314 e. The molecule has 0 spiro atoms. The molecule has 1 N–H and O–H groups in total. The van der Waals surface area contributed by atoms with Crippen LogP contribution in [0.25, 0.3) is 0 Å². The third-order valence-electron chi connectivity index (χ3n) is 0.250. The van der Waals surface area contributed by atoms with Crippen LogP contribution < -0.4 is 5.32 Å². The van der Waals surface area contributed by atoms with Crippen molar-refractivity contribution < 1.29 is 8.42 Å². The van der Waals surface area contributed by atoms with Crippen LogP contribution in [-0.4, -0.2) is 21.5 Å². The Morgan fingerprint density at radius 1 is 1.33 bits per heavy atom. The second kappa shape index (κ2) is 4.78. The summed E-state index contributed by atoms with van der Waals surface area (Å²) in [4.78, 5) is 0. The van der Waals surface area contributed by atoms with Gasteiger partial charge in [-0.25, -0.2) is 0 Å². The molecule has 0 aliphatic carbocycles. The molecule has 1 aliphatic rings. The Labute approximate surface area is 39.3 Å². The summed E-state index contributed by atoms with van der Waals surface area (Å²) in [6.45, 7) is 2.50. The van der Waals surface area contributed by atoms with Crippen molar-refractivity contribution in [3.05, 3.63) is 0 Å². The lowest BCUT2D eigenvalue weighted by molar-refractivity contribution is 0.630. The van der Waals surface area contributed by atoms with E-state index in [0.717, 1.165) is 0 Å². The fourth-order valence-electron chi connectivity index (χ4n) is 0. The highest BCUT2D eigenvalue weighted by Gasteiger charge is 1.91. The average Bonchev–Trinajstić information content (AvgIpc) is 2.11. The lowest BCUT2D eigenvalue weighted by Crippen LogP contribution is -1.56. The standard InChI is InChI=1S/C2H5N.O2S/c1-2-3-1;1-3-2/h3H,1-2H2;. The van der Waals surface area contributed by atoms with E-state index in [4.69, 9.17) is 8.42 Å². The van der Waals surface area contributed by atoms with Crippen molar-refractivity contribution in [1.82, 2.24) is 5.32 Å². The molecule has 36 valence electrons. The van der Waals surface area contributed by atoms with Crippen LogP contribution in [0.5, 0.6) is 0 Å². The lowest BCUT2D eigenvalue weighted by Gasteiger charge is -1.21. The Kier molecular flexibility index (Phi) is 4.60. The zero-order chi connectivity index (χ0) is 4.83. The molecule has 3 nitrogen and oxygen atoms in total. The molecule has 0 aromatic carbocycles. The third-order valence-corrected chi connectivity index (χ3v) is 0.250. The fourth-order valence-corrected chi connectivity index (χ4v) is 0. The van der Waals surface area contributed by atoms with Gasteiger partial charge in [-0.15, -0.1) is 0 Å². The molecule has 6 heavy (non-hydrogen) atoms. The molecule has 0 radical (unpaired) electrons. The van der Waals surface area contributed by atoms with E-state index in [-0.39, 0.29) is 0 Å². The van der Waals surface area contributed by atoms with Crippen molar-refractivity contribution in [2.24, 2.45) is 0 Å². The summed E-state index contributed by atoms with van der Waals surface area (Å²) in [7, 11) is 0. The number of hydrogen-bond donors (Lipinski definition) is 1. The first-order valence-corrected chi connectivity index (χ1v) is 2.21. The molecule has 1 heterocycles. The van der Waals surface area contributed by atoms with Crippen molar-refractivity contribution in [2.75, 3.05) is 13.1 Å². The summed E-state index contributed by atoms with van der Waals surface area (Å²) >= 11 is -0.750. The highest BCUT2D eigenvalue weighted by molar-refractivity contribution is 7.51. The predicted octanol–water partition coefficient (Wildman–Crippen LogP) is -1.08. The van der Waals surface area contributed by atoms with Crippen LogP contribution in [0.1, 0.15) is 0 Å². The molecule has 0 unspecified atom stereocenters. The van der Waals surface area contributed by atoms with Gasteiger partial charge in [-0.05, 0) is 0 Å². The zero-order valence-electron chi connectivity index (χ0n) is 3.14. The van der Waals surface area contributed by atoms with Gasteiger partial charge in [0, 0.05) is 13.1 Å². The summed E-state index contributed by atoms with van der Waals surface area (Å²) in [5.74, 6) is 0. The SMILES string of the molecule is C1CN1.O=S=O. The Morgan fingerprint density at radius 2 is 1.50 bits per heavy atom. The van der Waals surface area contributed by atoms with Crippen LogP contribution in [0, 0.1) is 0 Å². The fraction of sp³-hybridized carbons (Fsp3) is 1.00. The first-order valence-electron chi connectivity index (χ1n) is 1.54. The summed E-state index contributed by atoms with van der Waals surface area (Å²) in [5.41, 5.74) is 0. The first kappa shape index (κ1) is 5.78. The second-order valence-electron chi connectivity index (χ2n) is 0.818. The van der Waals surface area contributed by atoms with Gasteiger partial charge in [0.05, 0.1) is 0 Å². The molecule has 4 heteroatoms. The normalized spacial score (nSPS) is 14.0. The maximum absolute atomic E-state index is 8.29. The highest BCUT2D eigenvalue weighted by Crippen LogP contribution is 1.65. The van der Waals surface area contributed by atoms with Gasteiger partial charge in [0.15, 0.2) is 0 Å². The minimum Gasteiger partial charge on any atom is -0.314 e. The van der Waals surface area contributed by atoms with Crippen molar-refractivity contribution in [2.45, 2.75) is 0 Å². The predicted molar refractivity (Wildman–Crippen MR) is 21.8 cm³/mol. The second-order valence-corrected chi connectivity index (χ2v) is 0.954. The number of nitrogens with one attached hydrogen (secondary N) is 1. The van der Waals surface area contributed by atoms with E-state index in [9.17, 15) is 0 Å². The molecule has 0 atom stereocenters. The van der Waals surface area contributed by atoms with Crippen LogP contribution in [0.15, 0.2) is 0 Å². The first-order chi connectivity index (χ1) is 2.91. The van der Waals surface area contributed by atoms with E-state index in [0.29, 0.717) is 0 Å². The van der Waals surface area contributed by atoms with Gasteiger partial charge in [0.25, 0.3) is 0 Å². The summed E-state index contributed by atoms with van der Waals surface area (Å²) in [5, 5.41) is 3.00. The van der Waals surface area contributed by atoms with E-state index in [1.165, 1.54) is 13.1 Å². The zero-order valence-corrected chi connectivity index (χ0v) is 3.96. The lowest BCUT2D eigenvalue weighted by atomic mass is 11.0. The minimum atomic E-state index is -0.750. The minimum absolute atomic E-state index is 0.750. The van der Waals surface area contributed by atoms with Gasteiger partial charge in [-0.2, -0.15) is 8.42 Å². The van der Waals surface area contributed by atoms with Gasteiger partial charge >= 0.3 is 11.6 Å². The number of hydrogen-bond acceptors (Lipinski definition) is 3. The van der Waals surface area contributed by atoms with E-state index in [1.54, 1.807) is 0 Å². The molecule has 0 saturated carbocycles. The van der Waals surface area contributed by atoms with Crippen LogP contribution in [-0.2, 0) is 11.6 Å². The van der Waals surface area contributed by atoms with E-state index >= 15 is 0 Å². The summed E-state index contributed by atoms with van der Waals surface area (Å²) in [6.07, 6.45) is 0. The average molecular weight is 107 g/mol. The van der Waals surface area contributed by atoms with Crippen molar-refractivity contribution in [1.29, 1.82) is 0 Å². The highest BCUT2D eigenvalue weighted by atomic mass is 32.1. The van der Waals surface area contributed by atoms with E-state index < -0.39 is 11.6 Å². The molecule has 0 aromatic heterocycles. The monoisotopic (exact) mass is 107 g/mol. The number of rotatable bonds is 0. The van der Waals surface area contributed by atoms with Gasteiger partial charge in [0.2, 0.25) is 0 Å². The van der Waals surface area contributed by atoms with E-state index in [1.807, 2.05) is 0 Å². The van der Waals surface area contributed by atoms with Crippen molar-refractivity contribution in [3.63, 3.8) is 0 Å². The molecule has 1 saturated heterocycles. The topological polar surface area (TPSA) is 56.1 Å². The van der Waals surface area contributed by atoms with E-state index in [2.05, 4.69) is 5.32 Å². The Balaban J connectivity index is 0.0000000833. The van der Waals surface area contributed by atoms with Crippen LogP contribution in [0.2, 0.25) is 0 Å². The molecule has 0 amide bonds. The summed E-state index contributed by atoms with van der Waals surface area (Å²) < 4.78 is 16.6. The van der Waals surface area contributed by atoms with Crippen LogP contribution >= 0.6 is 0 Å². The van der Waals surface area contributed by atoms with Gasteiger partial charge in [0.1, 0.15) is 0 Å². The van der Waals surface area contributed by atoms with Crippen molar-refractivity contribution in [3.8, 4) is 0 Å². The van der Waals surface area contributed by atoms with Gasteiger partial charge < -0.3 is 5.32 Å². The Bertz CT molecular complexity index is 53.8. The maximum Gasteiger partial charge on any atom is 0.335 e. The maximum atomic E-state index is 8.29. The van der Waals surface area contributed by atoms with Gasteiger partial charge in [-0.1, -0.05) is 0 Å². The molecular weight excluding hydrogens is 102 g/mol. The third kappa shape index (κ3) is 48.0. The molecule has 1 rings (SSSR count). The molecular formula is C2H5NO2S. The van der Waals surface area contributed by atoms with Crippen LogP contribution in [0.4, 0.5) is 0 Å². The summed E-state index contributed by atoms with van der Waals surface area (Å²) in [6, 6.07) is 0. The van der Waals surface area contributed by atoms with Crippen molar-refractivity contribution >= 4 is 11.6 Å². The Hall–Kier alpha value is -0.220. The van der Waals surface area contributed by atoms with Crippen LogP contribution in [0.3, 0.4) is 0 Å². The van der Waals surface area contributed by atoms with Gasteiger partial charge in [-0.3, -0.25) is 0 Å². The Morgan fingerprint density at radius 3 is 1.50 bits per heavy atom. The quantitative estimate of drug-likeness (QED) is 0.400. The largest absolute Gasteiger partial charge is 0.335 e. The molecule has 1 aliphatic heterocycles. The molecule has 1 fully saturated rings. The molecule has 0 bridgehead atoms. The molecule has 0 aromatic rings.